The molecule has 1 unspecified atom stereocenters. The molecular weight excluding hydrogens is 212 g/mol. The van der Waals surface area contributed by atoms with Gasteiger partial charge in [0, 0.05) is 5.75 Å². The molecule has 0 spiro atoms. The zero-order chi connectivity index (χ0) is 11.3. The number of ether oxygens (including phenoxy) is 1. The summed E-state index contributed by atoms with van der Waals surface area (Å²) < 4.78 is 4.76. The number of nitrogens with zero attached hydrogens (tertiary/aromatic N) is 1. The lowest BCUT2D eigenvalue weighted by Gasteiger charge is -2.18. The Balaban J connectivity index is 2.51. The van der Waals surface area contributed by atoms with Gasteiger partial charge in [0.2, 0.25) is 0 Å². The minimum atomic E-state index is -0.264. The molecule has 1 heterocycles. The molecule has 0 aromatic carbocycles. The maximum Gasteiger partial charge on any atom is 0.328 e. The van der Waals surface area contributed by atoms with Crippen LogP contribution in [0, 0.1) is 5.92 Å². The fourth-order valence-corrected chi connectivity index (χ4v) is 2.18. The van der Waals surface area contributed by atoms with Gasteiger partial charge in [0.15, 0.2) is 5.17 Å². The lowest BCUT2D eigenvalue weighted by molar-refractivity contribution is -0.143. The molecule has 1 aliphatic heterocycles. The predicted molar refractivity (Wildman–Crippen MR) is 63.2 cm³/mol. The van der Waals surface area contributed by atoms with Crippen LogP contribution in [0.4, 0.5) is 0 Å². The maximum absolute atomic E-state index is 11.5. The zero-order valence-electron chi connectivity index (χ0n) is 9.45. The van der Waals surface area contributed by atoms with Gasteiger partial charge in [-0.1, -0.05) is 25.6 Å². The Kier molecular flexibility index (Phi) is 4.94. The van der Waals surface area contributed by atoms with Gasteiger partial charge in [0.1, 0.15) is 6.04 Å². The van der Waals surface area contributed by atoms with Gasteiger partial charge in [-0.05, 0) is 12.3 Å². The molecule has 0 saturated heterocycles. The van der Waals surface area contributed by atoms with E-state index in [9.17, 15) is 4.79 Å². The van der Waals surface area contributed by atoms with E-state index in [1.165, 1.54) is 7.11 Å². The van der Waals surface area contributed by atoms with Crippen molar-refractivity contribution in [2.75, 3.05) is 19.4 Å². The smallest absolute Gasteiger partial charge is 0.328 e. The minimum Gasteiger partial charge on any atom is -0.467 e. The van der Waals surface area contributed by atoms with Crippen molar-refractivity contribution in [2.24, 2.45) is 10.9 Å². The van der Waals surface area contributed by atoms with Crippen molar-refractivity contribution in [3.63, 3.8) is 0 Å². The highest BCUT2D eigenvalue weighted by Crippen LogP contribution is 2.13. The normalized spacial score (nSPS) is 17.5. The monoisotopic (exact) mass is 230 g/mol. The van der Waals surface area contributed by atoms with Gasteiger partial charge in [-0.3, -0.25) is 4.99 Å². The summed E-state index contributed by atoms with van der Waals surface area (Å²) in [5, 5.41) is 4.00. The third kappa shape index (κ3) is 4.11. The highest BCUT2D eigenvalue weighted by molar-refractivity contribution is 8.14. The Labute approximate surface area is 94.9 Å². The van der Waals surface area contributed by atoms with Crippen molar-refractivity contribution < 1.29 is 9.53 Å². The first-order chi connectivity index (χ1) is 7.13. The largest absolute Gasteiger partial charge is 0.467 e. The van der Waals surface area contributed by atoms with E-state index in [1.807, 2.05) is 0 Å². The van der Waals surface area contributed by atoms with E-state index in [0.717, 1.165) is 23.9 Å². The Bertz CT molecular complexity index is 254. The number of thioether (sulfide) groups is 1. The highest BCUT2D eigenvalue weighted by atomic mass is 32.2. The third-order valence-corrected chi connectivity index (χ3v) is 2.98. The Morgan fingerprint density at radius 1 is 1.67 bits per heavy atom. The number of hydrogen-bond acceptors (Lipinski definition) is 5. The van der Waals surface area contributed by atoms with Gasteiger partial charge in [-0.25, -0.2) is 4.79 Å². The number of hydrogen-bond donors (Lipinski definition) is 1. The predicted octanol–water partition coefficient (Wildman–Crippen LogP) is 1.27. The standard InChI is InChI=1S/C10H18N2O2S/c1-7(2)6-8(9(13)14-3)12-10-11-4-5-15-10/h7-8H,4-6H2,1-3H3,(H,11,12). The molecule has 4 nitrogen and oxygen atoms in total. The molecule has 0 aromatic rings. The summed E-state index contributed by atoms with van der Waals surface area (Å²) in [7, 11) is 1.42. The fourth-order valence-electron chi connectivity index (χ4n) is 1.40. The number of esters is 1. The maximum atomic E-state index is 11.5. The second kappa shape index (κ2) is 6.00. The quantitative estimate of drug-likeness (QED) is 0.739. The number of carbonyl (C=O) groups excluding carboxylic acids is 1. The topological polar surface area (TPSA) is 50.7 Å². The van der Waals surface area contributed by atoms with Crippen LogP contribution in [0.2, 0.25) is 0 Å². The van der Waals surface area contributed by atoms with Crippen LogP contribution in [0.25, 0.3) is 0 Å². The summed E-state index contributed by atoms with van der Waals surface area (Å²) in [5.41, 5.74) is 0. The molecule has 0 aliphatic carbocycles. The molecule has 0 radical (unpaired) electrons. The van der Waals surface area contributed by atoms with Crippen molar-refractivity contribution >= 4 is 22.9 Å². The molecular formula is C10H18N2O2S. The van der Waals surface area contributed by atoms with Crippen LogP contribution >= 0.6 is 11.8 Å². The second-order valence-electron chi connectivity index (χ2n) is 3.88. The van der Waals surface area contributed by atoms with Crippen LogP contribution in [0.5, 0.6) is 0 Å². The first-order valence-corrected chi connectivity index (χ1v) is 6.13. The molecule has 0 saturated carbocycles. The number of carbonyl (C=O) groups is 1. The van der Waals surface area contributed by atoms with Crippen molar-refractivity contribution in [3.05, 3.63) is 0 Å². The van der Waals surface area contributed by atoms with E-state index in [1.54, 1.807) is 11.8 Å². The Morgan fingerprint density at radius 2 is 2.40 bits per heavy atom. The average molecular weight is 230 g/mol. The highest BCUT2D eigenvalue weighted by Gasteiger charge is 2.22. The lowest BCUT2D eigenvalue weighted by Crippen LogP contribution is -2.40. The van der Waals surface area contributed by atoms with Crippen LogP contribution in [0.1, 0.15) is 20.3 Å². The van der Waals surface area contributed by atoms with Gasteiger partial charge in [0.05, 0.1) is 13.7 Å². The fraction of sp³-hybridized carbons (Fsp3) is 0.800. The van der Waals surface area contributed by atoms with E-state index < -0.39 is 0 Å². The molecule has 1 aliphatic rings. The van der Waals surface area contributed by atoms with Crippen molar-refractivity contribution in [1.29, 1.82) is 0 Å². The Morgan fingerprint density at radius 3 is 2.87 bits per heavy atom. The third-order valence-electron chi connectivity index (χ3n) is 2.08. The summed E-state index contributed by atoms with van der Waals surface area (Å²) in [6.45, 7) is 5.00. The molecule has 5 heteroatoms. The SMILES string of the molecule is COC(=O)C(CC(C)C)NC1=NCCS1. The first kappa shape index (κ1) is 12.4. The number of aliphatic imine (C=N–C) groups is 1. The van der Waals surface area contributed by atoms with Crippen molar-refractivity contribution in [1.82, 2.24) is 5.32 Å². The van der Waals surface area contributed by atoms with E-state index in [-0.39, 0.29) is 12.0 Å². The van der Waals surface area contributed by atoms with E-state index >= 15 is 0 Å². The molecule has 1 atom stereocenters. The number of rotatable bonds is 4. The van der Waals surface area contributed by atoms with Gasteiger partial charge in [-0.15, -0.1) is 0 Å². The molecule has 0 fully saturated rings. The number of amidine groups is 1. The van der Waals surface area contributed by atoms with Gasteiger partial charge >= 0.3 is 5.97 Å². The van der Waals surface area contributed by atoms with Crippen LogP contribution in [-0.2, 0) is 9.53 Å². The first-order valence-electron chi connectivity index (χ1n) is 5.15. The van der Waals surface area contributed by atoms with E-state index in [0.29, 0.717) is 5.92 Å². The van der Waals surface area contributed by atoms with Crippen LogP contribution < -0.4 is 5.32 Å². The summed E-state index contributed by atoms with van der Waals surface area (Å²) in [6.07, 6.45) is 0.770. The van der Waals surface area contributed by atoms with Crippen LogP contribution in [-0.4, -0.2) is 36.6 Å². The molecule has 15 heavy (non-hydrogen) atoms. The number of nitrogens with one attached hydrogen (secondary N) is 1. The molecule has 1 N–H and O–H groups in total. The summed E-state index contributed by atoms with van der Waals surface area (Å²) in [6, 6.07) is -0.264. The molecule has 0 amide bonds. The van der Waals surface area contributed by atoms with E-state index in [2.05, 4.69) is 24.2 Å². The Hall–Kier alpha value is -0.710. The molecule has 0 bridgehead atoms. The van der Waals surface area contributed by atoms with Crippen LogP contribution in [0.3, 0.4) is 0 Å². The van der Waals surface area contributed by atoms with Gasteiger partial charge in [-0.2, -0.15) is 0 Å². The number of methoxy groups -OCH3 is 1. The van der Waals surface area contributed by atoms with Gasteiger partial charge < -0.3 is 10.1 Å². The summed E-state index contributed by atoms with van der Waals surface area (Å²) >= 11 is 1.66. The van der Waals surface area contributed by atoms with E-state index in [4.69, 9.17) is 4.74 Å². The summed E-state index contributed by atoms with van der Waals surface area (Å²) in [5.74, 6) is 1.24. The average Bonchev–Trinajstić information content (AvgIpc) is 2.67. The minimum absolute atomic E-state index is 0.209. The van der Waals surface area contributed by atoms with Crippen molar-refractivity contribution in [2.45, 2.75) is 26.3 Å². The lowest BCUT2D eigenvalue weighted by atomic mass is 10.0. The zero-order valence-corrected chi connectivity index (χ0v) is 10.3. The van der Waals surface area contributed by atoms with Crippen molar-refractivity contribution in [3.8, 4) is 0 Å². The van der Waals surface area contributed by atoms with Crippen LogP contribution in [0.15, 0.2) is 4.99 Å². The second-order valence-corrected chi connectivity index (χ2v) is 4.97. The van der Waals surface area contributed by atoms with Gasteiger partial charge in [0.25, 0.3) is 0 Å². The molecule has 1 rings (SSSR count). The molecule has 0 aromatic heterocycles. The molecule has 86 valence electrons. The summed E-state index contributed by atoms with van der Waals surface area (Å²) in [4.78, 5) is 15.7.